The summed E-state index contributed by atoms with van der Waals surface area (Å²) >= 11 is 0. The van der Waals surface area contributed by atoms with Gasteiger partial charge >= 0.3 is 0 Å². The second kappa shape index (κ2) is 5.41. The predicted molar refractivity (Wildman–Crippen MR) is 77.5 cm³/mol. The van der Waals surface area contributed by atoms with E-state index in [4.69, 9.17) is 10.5 Å². The molecule has 0 aliphatic carbocycles. The van der Waals surface area contributed by atoms with E-state index in [9.17, 15) is 0 Å². The highest BCUT2D eigenvalue weighted by Crippen LogP contribution is 2.29. The highest BCUT2D eigenvalue weighted by molar-refractivity contribution is 5.46. The third kappa shape index (κ3) is 2.61. The van der Waals surface area contributed by atoms with Gasteiger partial charge in [0.1, 0.15) is 5.75 Å². The largest absolute Gasteiger partial charge is 0.496 e. The molecule has 0 bridgehead atoms. The molecule has 0 aliphatic rings. The number of benzene rings is 1. The number of hydrogen-bond acceptors (Lipinski definition) is 3. The summed E-state index contributed by atoms with van der Waals surface area (Å²) in [4.78, 5) is 4.31. The number of nitrogens with zero attached hydrogens (tertiary/aromatic N) is 1. The van der Waals surface area contributed by atoms with Crippen LogP contribution in [0.15, 0.2) is 30.5 Å². The number of hydrogen-bond donors (Lipinski definition) is 1. The lowest BCUT2D eigenvalue weighted by Crippen LogP contribution is -2.15. The Balaban J connectivity index is 2.48. The van der Waals surface area contributed by atoms with Gasteiger partial charge in [-0.05, 0) is 55.2 Å². The Bertz CT molecular complexity index is 593. The molecule has 0 saturated carbocycles. The van der Waals surface area contributed by atoms with Gasteiger partial charge in [0.25, 0.3) is 0 Å². The minimum Gasteiger partial charge on any atom is -0.496 e. The Labute approximate surface area is 114 Å². The molecule has 2 N–H and O–H groups in total. The van der Waals surface area contributed by atoms with Crippen LogP contribution in [0.3, 0.4) is 0 Å². The summed E-state index contributed by atoms with van der Waals surface area (Å²) in [6, 6.07) is 7.94. The van der Waals surface area contributed by atoms with Gasteiger partial charge in [0.15, 0.2) is 0 Å². The number of aromatic nitrogens is 1. The molecule has 1 aromatic carbocycles. The van der Waals surface area contributed by atoms with Crippen molar-refractivity contribution in [3.8, 4) is 5.75 Å². The molecule has 1 atom stereocenters. The molecule has 1 heterocycles. The summed E-state index contributed by atoms with van der Waals surface area (Å²) in [7, 11) is 1.69. The SMILES string of the molecule is COc1cc(C)c(C(N)c2cccnc2C)cc1C. The van der Waals surface area contributed by atoms with Crippen LogP contribution >= 0.6 is 0 Å². The fraction of sp³-hybridized carbons (Fsp3) is 0.312. The molecule has 0 spiro atoms. The summed E-state index contributed by atoms with van der Waals surface area (Å²) in [6.45, 7) is 6.08. The molecule has 1 aromatic heterocycles. The highest BCUT2D eigenvalue weighted by atomic mass is 16.5. The van der Waals surface area contributed by atoms with Crippen molar-refractivity contribution in [3.63, 3.8) is 0 Å². The number of methoxy groups -OCH3 is 1. The molecule has 0 amide bonds. The van der Waals surface area contributed by atoms with Crippen LogP contribution in [0, 0.1) is 20.8 Å². The lowest BCUT2D eigenvalue weighted by molar-refractivity contribution is 0.411. The zero-order chi connectivity index (χ0) is 14.0. The van der Waals surface area contributed by atoms with E-state index < -0.39 is 0 Å². The monoisotopic (exact) mass is 256 g/mol. The standard InChI is InChI=1S/C16H20N2O/c1-10-9-15(19-4)11(2)8-14(10)16(17)13-6-5-7-18-12(13)3/h5-9,16H,17H2,1-4H3. The van der Waals surface area contributed by atoms with Crippen molar-refractivity contribution < 1.29 is 4.74 Å². The Morgan fingerprint density at radius 2 is 1.84 bits per heavy atom. The average Bonchev–Trinajstić information content (AvgIpc) is 2.40. The van der Waals surface area contributed by atoms with Crippen LogP contribution in [-0.4, -0.2) is 12.1 Å². The van der Waals surface area contributed by atoms with Gasteiger partial charge in [0.05, 0.1) is 13.2 Å². The minimum atomic E-state index is -0.154. The number of aryl methyl sites for hydroxylation is 3. The van der Waals surface area contributed by atoms with Gasteiger partial charge in [-0.25, -0.2) is 0 Å². The van der Waals surface area contributed by atoms with E-state index in [-0.39, 0.29) is 6.04 Å². The van der Waals surface area contributed by atoms with Gasteiger partial charge in [-0.15, -0.1) is 0 Å². The van der Waals surface area contributed by atoms with E-state index in [0.29, 0.717) is 0 Å². The molecule has 0 saturated heterocycles. The number of nitrogens with two attached hydrogens (primary N) is 1. The Morgan fingerprint density at radius 3 is 2.47 bits per heavy atom. The first-order valence-corrected chi connectivity index (χ1v) is 6.36. The number of ether oxygens (including phenoxy) is 1. The third-order valence-corrected chi connectivity index (χ3v) is 3.50. The van der Waals surface area contributed by atoms with E-state index in [0.717, 1.165) is 33.7 Å². The zero-order valence-corrected chi connectivity index (χ0v) is 11.9. The summed E-state index contributed by atoms with van der Waals surface area (Å²) in [6.07, 6.45) is 1.79. The van der Waals surface area contributed by atoms with Gasteiger partial charge < -0.3 is 10.5 Å². The van der Waals surface area contributed by atoms with Crippen LogP contribution in [0.1, 0.15) is 34.0 Å². The van der Waals surface area contributed by atoms with E-state index in [2.05, 4.69) is 18.0 Å². The van der Waals surface area contributed by atoms with Crippen molar-refractivity contribution in [1.29, 1.82) is 0 Å². The quantitative estimate of drug-likeness (QED) is 0.918. The van der Waals surface area contributed by atoms with Crippen LogP contribution in [0.25, 0.3) is 0 Å². The van der Waals surface area contributed by atoms with Crippen molar-refractivity contribution in [1.82, 2.24) is 4.98 Å². The molecule has 0 radical (unpaired) electrons. The highest BCUT2D eigenvalue weighted by Gasteiger charge is 2.15. The van der Waals surface area contributed by atoms with Crippen molar-refractivity contribution in [3.05, 3.63) is 58.4 Å². The third-order valence-electron chi connectivity index (χ3n) is 3.50. The van der Waals surface area contributed by atoms with Crippen LogP contribution < -0.4 is 10.5 Å². The van der Waals surface area contributed by atoms with Crippen molar-refractivity contribution in [2.24, 2.45) is 5.73 Å². The zero-order valence-electron chi connectivity index (χ0n) is 11.9. The van der Waals surface area contributed by atoms with E-state index in [1.54, 1.807) is 13.3 Å². The Hall–Kier alpha value is -1.87. The van der Waals surface area contributed by atoms with Gasteiger partial charge in [-0.3, -0.25) is 4.98 Å². The molecular formula is C16H20N2O. The van der Waals surface area contributed by atoms with Crippen LogP contribution in [0.2, 0.25) is 0 Å². The van der Waals surface area contributed by atoms with Gasteiger partial charge in [-0.2, -0.15) is 0 Å². The fourth-order valence-corrected chi connectivity index (χ4v) is 2.36. The van der Waals surface area contributed by atoms with Crippen LogP contribution in [0.5, 0.6) is 5.75 Å². The molecule has 3 heteroatoms. The van der Waals surface area contributed by atoms with Gasteiger partial charge in [0, 0.05) is 11.9 Å². The van der Waals surface area contributed by atoms with Crippen LogP contribution in [0.4, 0.5) is 0 Å². The minimum absolute atomic E-state index is 0.154. The van der Waals surface area contributed by atoms with Crippen molar-refractivity contribution >= 4 is 0 Å². The molecule has 1 unspecified atom stereocenters. The summed E-state index contributed by atoms with van der Waals surface area (Å²) in [5, 5.41) is 0. The molecule has 2 rings (SSSR count). The molecule has 19 heavy (non-hydrogen) atoms. The van der Waals surface area contributed by atoms with Gasteiger partial charge in [-0.1, -0.05) is 12.1 Å². The molecule has 3 nitrogen and oxygen atoms in total. The normalized spacial score (nSPS) is 12.3. The molecule has 100 valence electrons. The van der Waals surface area contributed by atoms with Crippen LogP contribution in [-0.2, 0) is 0 Å². The molecule has 2 aromatic rings. The van der Waals surface area contributed by atoms with Gasteiger partial charge in [0.2, 0.25) is 0 Å². The topological polar surface area (TPSA) is 48.1 Å². The summed E-state index contributed by atoms with van der Waals surface area (Å²) < 4.78 is 5.34. The molecule has 0 fully saturated rings. The summed E-state index contributed by atoms with van der Waals surface area (Å²) in [5.41, 5.74) is 11.8. The second-order valence-electron chi connectivity index (χ2n) is 4.83. The second-order valence-corrected chi connectivity index (χ2v) is 4.83. The summed E-state index contributed by atoms with van der Waals surface area (Å²) in [5.74, 6) is 0.899. The predicted octanol–water partition coefficient (Wildman–Crippen LogP) is 3.06. The maximum Gasteiger partial charge on any atom is 0.122 e. The fourth-order valence-electron chi connectivity index (χ4n) is 2.36. The Morgan fingerprint density at radius 1 is 1.11 bits per heavy atom. The maximum absolute atomic E-state index is 6.40. The lowest BCUT2D eigenvalue weighted by atomic mass is 9.93. The first kappa shape index (κ1) is 13.6. The lowest BCUT2D eigenvalue weighted by Gasteiger charge is -2.18. The van der Waals surface area contributed by atoms with E-state index in [1.807, 2.05) is 32.0 Å². The average molecular weight is 256 g/mol. The Kier molecular flexibility index (Phi) is 3.86. The van der Waals surface area contributed by atoms with Crippen molar-refractivity contribution in [2.45, 2.75) is 26.8 Å². The first-order chi connectivity index (χ1) is 9.04. The van der Waals surface area contributed by atoms with Crippen molar-refractivity contribution in [2.75, 3.05) is 7.11 Å². The van der Waals surface area contributed by atoms with E-state index >= 15 is 0 Å². The smallest absolute Gasteiger partial charge is 0.122 e. The molecular weight excluding hydrogens is 236 g/mol. The maximum atomic E-state index is 6.40. The first-order valence-electron chi connectivity index (χ1n) is 6.36. The molecule has 0 aliphatic heterocycles. The number of rotatable bonds is 3. The van der Waals surface area contributed by atoms with E-state index in [1.165, 1.54) is 0 Å². The number of pyridine rings is 1.